The predicted molar refractivity (Wildman–Crippen MR) is 57.7 cm³/mol. The molecule has 2 heterocycles. The van der Waals surface area contributed by atoms with E-state index in [1.807, 2.05) is 0 Å². The van der Waals surface area contributed by atoms with Crippen molar-refractivity contribution in [2.45, 2.75) is 33.2 Å². The Kier molecular flexibility index (Phi) is 3.33. The Morgan fingerprint density at radius 1 is 1.56 bits per heavy atom. The lowest BCUT2D eigenvalue weighted by Crippen LogP contribution is -2.37. The first-order valence-corrected chi connectivity index (χ1v) is 5.67. The number of Topliss-reactive ketones (excluding diaryl/α,β-unsaturated/α-hetero) is 1. The van der Waals surface area contributed by atoms with Crippen molar-refractivity contribution in [1.82, 2.24) is 15.1 Å². The van der Waals surface area contributed by atoms with Crippen LogP contribution >= 0.6 is 0 Å². The van der Waals surface area contributed by atoms with Crippen LogP contribution < -0.4 is 0 Å². The Labute approximate surface area is 94.8 Å². The van der Waals surface area contributed by atoms with E-state index in [2.05, 4.69) is 15.1 Å². The van der Waals surface area contributed by atoms with Crippen LogP contribution in [-0.2, 0) is 11.3 Å². The Morgan fingerprint density at radius 2 is 2.38 bits per heavy atom. The number of nitrogens with zero attached hydrogens (tertiary/aromatic N) is 3. The molecule has 1 atom stereocenters. The van der Waals surface area contributed by atoms with Crippen LogP contribution in [0.2, 0.25) is 0 Å². The molecule has 1 unspecified atom stereocenters. The van der Waals surface area contributed by atoms with E-state index >= 15 is 0 Å². The van der Waals surface area contributed by atoms with Crippen LogP contribution in [0.15, 0.2) is 4.42 Å². The second-order valence-electron chi connectivity index (χ2n) is 4.40. The first-order valence-electron chi connectivity index (χ1n) is 5.67. The first kappa shape index (κ1) is 11.3. The molecule has 1 aromatic rings. The van der Waals surface area contributed by atoms with Gasteiger partial charge in [0.15, 0.2) is 0 Å². The van der Waals surface area contributed by atoms with Gasteiger partial charge in [-0.15, -0.1) is 10.2 Å². The summed E-state index contributed by atoms with van der Waals surface area (Å²) in [6, 6.07) is 0. The number of carbonyl (C=O) groups is 1. The lowest BCUT2D eigenvalue weighted by Gasteiger charge is -2.30. The predicted octanol–water partition coefficient (Wildman–Crippen LogP) is 1.18. The van der Waals surface area contributed by atoms with E-state index in [0.717, 1.165) is 25.9 Å². The van der Waals surface area contributed by atoms with Gasteiger partial charge in [-0.25, -0.2) is 0 Å². The van der Waals surface area contributed by atoms with Crippen LogP contribution in [-0.4, -0.2) is 34.0 Å². The number of aromatic nitrogens is 2. The highest BCUT2D eigenvalue weighted by atomic mass is 16.4. The summed E-state index contributed by atoms with van der Waals surface area (Å²) in [6.45, 7) is 5.93. The molecule has 88 valence electrons. The van der Waals surface area contributed by atoms with Crippen LogP contribution in [0.25, 0.3) is 0 Å². The van der Waals surface area contributed by atoms with Crippen molar-refractivity contribution in [3.63, 3.8) is 0 Å². The van der Waals surface area contributed by atoms with Crippen LogP contribution in [0.5, 0.6) is 0 Å². The van der Waals surface area contributed by atoms with Crippen molar-refractivity contribution in [2.24, 2.45) is 5.92 Å². The third-order valence-corrected chi connectivity index (χ3v) is 3.01. The summed E-state index contributed by atoms with van der Waals surface area (Å²) in [5.41, 5.74) is 0. The van der Waals surface area contributed by atoms with E-state index in [1.54, 1.807) is 13.8 Å². The fraction of sp³-hybridized carbons (Fsp3) is 0.727. The van der Waals surface area contributed by atoms with E-state index in [9.17, 15) is 4.79 Å². The molecule has 0 N–H and O–H groups in total. The minimum absolute atomic E-state index is 0.178. The minimum Gasteiger partial charge on any atom is -0.424 e. The molecular formula is C11H17N3O2. The molecule has 0 radical (unpaired) electrons. The largest absolute Gasteiger partial charge is 0.424 e. The second kappa shape index (κ2) is 4.74. The SMILES string of the molecule is CC(=O)C1CCCN(Cc2nnc(C)o2)C1. The number of carbonyl (C=O) groups excluding carboxylic acids is 1. The molecule has 1 saturated heterocycles. The third kappa shape index (κ3) is 2.66. The Hall–Kier alpha value is -1.23. The Balaban J connectivity index is 1.92. The molecule has 1 aromatic heterocycles. The molecular weight excluding hydrogens is 206 g/mol. The zero-order valence-electron chi connectivity index (χ0n) is 9.77. The fourth-order valence-electron chi connectivity index (χ4n) is 2.12. The van der Waals surface area contributed by atoms with Crippen LogP contribution in [0.4, 0.5) is 0 Å². The summed E-state index contributed by atoms with van der Waals surface area (Å²) in [4.78, 5) is 13.5. The first-order chi connectivity index (χ1) is 7.65. The van der Waals surface area contributed by atoms with Crippen molar-refractivity contribution >= 4 is 5.78 Å². The van der Waals surface area contributed by atoms with Crippen molar-refractivity contribution in [1.29, 1.82) is 0 Å². The average molecular weight is 223 g/mol. The molecule has 0 saturated carbocycles. The van der Waals surface area contributed by atoms with Gasteiger partial charge < -0.3 is 4.42 Å². The number of hydrogen-bond donors (Lipinski definition) is 0. The number of hydrogen-bond acceptors (Lipinski definition) is 5. The van der Waals surface area contributed by atoms with Crippen molar-refractivity contribution < 1.29 is 9.21 Å². The zero-order valence-corrected chi connectivity index (χ0v) is 9.77. The molecule has 0 aliphatic carbocycles. The van der Waals surface area contributed by atoms with E-state index in [0.29, 0.717) is 18.3 Å². The number of piperidine rings is 1. The maximum absolute atomic E-state index is 11.3. The van der Waals surface area contributed by atoms with Gasteiger partial charge in [0.1, 0.15) is 5.78 Å². The van der Waals surface area contributed by atoms with E-state index in [1.165, 1.54) is 0 Å². The summed E-state index contributed by atoms with van der Waals surface area (Å²) in [6.07, 6.45) is 2.08. The second-order valence-corrected chi connectivity index (χ2v) is 4.40. The average Bonchev–Trinajstić information content (AvgIpc) is 2.64. The third-order valence-electron chi connectivity index (χ3n) is 3.01. The van der Waals surface area contributed by atoms with Gasteiger partial charge in [0.25, 0.3) is 0 Å². The highest BCUT2D eigenvalue weighted by Crippen LogP contribution is 2.18. The topological polar surface area (TPSA) is 59.2 Å². The zero-order chi connectivity index (χ0) is 11.5. The summed E-state index contributed by atoms with van der Waals surface area (Å²) >= 11 is 0. The van der Waals surface area contributed by atoms with Crippen LogP contribution in [0.1, 0.15) is 31.5 Å². The van der Waals surface area contributed by atoms with Gasteiger partial charge in [0.05, 0.1) is 6.54 Å². The van der Waals surface area contributed by atoms with E-state index in [-0.39, 0.29) is 11.7 Å². The summed E-state index contributed by atoms with van der Waals surface area (Å²) in [5, 5.41) is 7.76. The van der Waals surface area contributed by atoms with Gasteiger partial charge in [-0.1, -0.05) is 0 Å². The smallest absolute Gasteiger partial charge is 0.230 e. The molecule has 5 nitrogen and oxygen atoms in total. The maximum atomic E-state index is 11.3. The van der Waals surface area contributed by atoms with Gasteiger partial charge in [-0.05, 0) is 26.3 Å². The van der Waals surface area contributed by atoms with Crippen LogP contribution in [0, 0.1) is 12.8 Å². The fourth-order valence-corrected chi connectivity index (χ4v) is 2.12. The van der Waals surface area contributed by atoms with Gasteiger partial charge in [0.2, 0.25) is 11.8 Å². The number of likely N-dealkylation sites (tertiary alicyclic amines) is 1. The standard InChI is InChI=1S/C11H17N3O2/c1-8(15)10-4-3-5-14(6-10)7-11-13-12-9(2)16-11/h10H,3-7H2,1-2H3. The molecule has 2 rings (SSSR count). The van der Waals surface area contributed by atoms with Crippen molar-refractivity contribution in [3.05, 3.63) is 11.8 Å². The quantitative estimate of drug-likeness (QED) is 0.770. The van der Waals surface area contributed by atoms with Gasteiger partial charge >= 0.3 is 0 Å². The number of aryl methyl sites for hydroxylation is 1. The summed E-state index contributed by atoms with van der Waals surface area (Å²) < 4.78 is 5.33. The molecule has 0 bridgehead atoms. The molecule has 0 aromatic carbocycles. The molecule has 0 amide bonds. The normalized spacial score (nSPS) is 22.2. The lowest BCUT2D eigenvalue weighted by atomic mass is 9.95. The number of rotatable bonds is 3. The highest BCUT2D eigenvalue weighted by molar-refractivity contribution is 5.78. The van der Waals surface area contributed by atoms with Crippen molar-refractivity contribution in [3.8, 4) is 0 Å². The van der Waals surface area contributed by atoms with Crippen LogP contribution in [0.3, 0.4) is 0 Å². The highest BCUT2D eigenvalue weighted by Gasteiger charge is 2.24. The summed E-state index contributed by atoms with van der Waals surface area (Å²) in [5.74, 6) is 1.70. The molecule has 16 heavy (non-hydrogen) atoms. The number of ketones is 1. The Morgan fingerprint density at radius 3 is 3.00 bits per heavy atom. The monoisotopic (exact) mass is 223 g/mol. The summed E-state index contributed by atoms with van der Waals surface area (Å²) in [7, 11) is 0. The van der Waals surface area contributed by atoms with Gasteiger partial charge in [-0.3, -0.25) is 9.69 Å². The molecule has 1 fully saturated rings. The molecule has 0 spiro atoms. The van der Waals surface area contributed by atoms with E-state index in [4.69, 9.17) is 4.42 Å². The molecule has 5 heteroatoms. The van der Waals surface area contributed by atoms with Gasteiger partial charge in [0, 0.05) is 19.4 Å². The molecule has 1 aliphatic heterocycles. The van der Waals surface area contributed by atoms with E-state index < -0.39 is 0 Å². The van der Waals surface area contributed by atoms with Crippen molar-refractivity contribution in [2.75, 3.05) is 13.1 Å². The minimum atomic E-state index is 0.178. The lowest BCUT2D eigenvalue weighted by molar-refractivity contribution is -0.122. The molecule has 1 aliphatic rings. The Bertz CT molecular complexity index is 375. The van der Waals surface area contributed by atoms with Gasteiger partial charge in [-0.2, -0.15) is 0 Å². The maximum Gasteiger partial charge on any atom is 0.230 e.